The lowest BCUT2D eigenvalue weighted by Gasteiger charge is -2.58. The standard InChI is InChI=1S/C45H60/c1-26(2)39-25-45(27(3)4,40-21-33(20-38(39)40)44-22-28-15-29(23-44)17-30(16-28)24-44)41-34-13-11-31(42(5,6)7)18-36(34)37-19-32(43(8,9)10)12-14-35(37)41/h11-14,18-19,21,26-30,39,41H,15-17,20,22-25H2,1-10H3. The molecule has 4 saturated carbocycles. The van der Waals surface area contributed by atoms with Gasteiger partial charge in [-0.1, -0.05) is 123 Å². The average Bonchev–Trinajstić information content (AvgIpc) is 3.61. The van der Waals surface area contributed by atoms with E-state index in [0.717, 1.165) is 17.8 Å². The van der Waals surface area contributed by atoms with E-state index in [-0.39, 0.29) is 16.2 Å². The van der Waals surface area contributed by atoms with Crippen LogP contribution in [0.25, 0.3) is 11.1 Å². The maximum atomic E-state index is 2.90. The molecule has 2 aromatic carbocycles. The maximum Gasteiger partial charge on any atom is 0.0201 e. The first-order valence-corrected chi connectivity index (χ1v) is 18.8. The normalized spacial score (nSPS) is 33.8. The number of rotatable bonds is 4. The van der Waals surface area contributed by atoms with Crippen LogP contribution in [0.4, 0.5) is 0 Å². The van der Waals surface area contributed by atoms with Crippen LogP contribution >= 0.6 is 0 Å². The summed E-state index contributed by atoms with van der Waals surface area (Å²) in [7, 11) is 0. The van der Waals surface area contributed by atoms with Gasteiger partial charge in [0.15, 0.2) is 0 Å². The predicted molar refractivity (Wildman–Crippen MR) is 192 cm³/mol. The highest BCUT2D eigenvalue weighted by molar-refractivity contribution is 5.81. The Hall–Kier alpha value is -2.08. The SMILES string of the molecule is CC(C)C1CC(C(C)C)(C2c3ccc(C(C)(C)C)cc3-c3cc(C(C)(C)C)ccc32)C2=C1CC(C13CC4CC(CC(C4)C1)C3)=C2. The maximum absolute atomic E-state index is 2.90. The number of hydrogen-bond acceptors (Lipinski definition) is 0. The Kier molecular flexibility index (Phi) is 6.55. The molecular weight excluding hydrogens is 540 g/mol. The molecule has 2 aromatic rings. The number of allylic oxidation sites excluding steroid dienone is 4. The van der Waals surface area contributed by atoms with Crippen LogP contribution in [0.1, 0.15) is 149 Å². The van der Waals surface area contributed by atoms with E-state index >= 15 is 0 Å². The van der Waals surface area contributed by atoms with E-state index in [1.165, 1.54) is 73.6 Å². The van der Waals surface area contributed by atoms with E-state index < -0.39 is 0 Å². The third-order valence-corrected chi connectivity index (χ3v) is 14.4. The second-order valence-corrected chi connectivity index (χ2v) is 19.8. The molecule has 0 nitrogen and oxygen atoms in total. The van der Waals surface area contributed by atoms with Crippen molar-refractivity contribution in [3.05, 3.63) is 81.4 Å². The predicted octanol–water partition coefficient (Wildman–Crippen LogP) is 12.6. The highest BCUT2D eigenvalue weighted by Crippen LogP contribution is 2.71. The Balaban J connectivity index is 1.32. The fraction of sp³-hybridized carbons (Fsp3) is 0.644. The van der Waals surface area contributed by atoms with Crippen molar-refractivity contribution in [2.75, 3.05) is 0 Å². The Bertz CT molecular complexity index is 1510. The molecular formula is C45H60. The van der Waals surface area contributed by atoms with E-state index in [9.17, 15) is 0 Å². The number of fused-ring (bicyclic) bond motifs is 3. The molecule has 0 heterocycles. The molecule has 0 amide bonds. The topological polar surface area (TPSA) is 0 Å². The van der Waals surface area contributed by atoms with Gasteiger partial charge in [0.1, 0.15) is 0 Å². The van der Waals surface area contributed by atoms with Gasteiger partial charge in [0.2, 0.25) is 0 Å². The Morgan fingerprint density at radius 3 is 1.58 bits per heavy atom. The van der Waals surface area contributed by atoms with E-state index in [2.05, 4.69) is 112 Å². The molecule has 0 heteroatoms. The summed E-state index contributed by atoms with van der Waals surface area (Å²) in [6, 6.07) is 15.3. The van der Waals surface area contributed by atoms with Gasteiger partial charge < -0.3 is 0 Å². The number of hydrogen-bond donors (Lipinski definition) is 0. The van der Waals surface area contributed by atoms with Gasteiger partial charge in [0, 0.05) is 11.3 Å². The first kappa shape index (κ1) is 30.3. The zero-order chi connectivity index (χ0) is 31.8. The third kappa shape index (κ3) is 4.35. The fourth-order valence-corrected chi connectivity index (χ4v) is 12.4. The molecule has 0 saturated heterocycles. The van der Waals surface area contributed by atoms with Gasteiger partial charge in [-0.15, -0.1) is 0 Å². The summed E-state index contributed by atoms with van der Waals surface area (Å²) in [5.74, 6) is 5.40. The minimum Gasteiger partial charge on any atom is -0.0622 e. The second-order valence-electron chi connectivity index (χ2n) is 19.8. The highest BCUT2D eigenvalue weighted by atomic mass is 14.6. The minimum atomic E-state index is 0.136. The molecule has 7 aliphatic carbocycles. The molecule has 4 bridgehead atoms. The molecule has 0 aliphatic heterocycles. The van der Waals surface area contributed by atoms with Crippen LogP contribution in [-0.2, 0) is 10.8 Å². The minimum absolute atomic E-state index is 0.136. The lowest BCUT2D eigenvalue weighted by Crippen LogP contribution is -2.47. The molecule has 0 spiro atoms. The lowest BCUT2D eigenvalue weighted by molar-refractivity contribution is -0.0315. The molecule has 2 atom stereocenters. The molecule has 4 fully saturated rings. The smallest absolute Gasteiger partial charge is 0.0201 e. The van der Waals surface area contributed by atoms with E-state index in [1.54, 1.807) is 16.7 Å². The van der Waals surface area contributed by atoms with Crippen LogP contribution in [0.5, 0.6) is 0 Å². The number of benzene rings is 2. The monoisotopic (exact) mass is 600 g/mol. The van der Waals surface area contributed by atoms with Gasteiger partial charge >= 0.3 is 0 Å². The van der Waals surface area contributed by atoms with Crippen molar-refractivity contribution in [1.29, 1.82) is 0 Å². The van der Waals surface area contributed by atoms with Crippen molar-refractivity contribution < 1.29 is 0 Å². The third-order valence-electron chi connectivity index (χ3n) is 14.4. The summed E-state index contributed by atoms with van der Waals surface area (Å²) in [6.07, 6.45) is 14.6. The summed E-state index contributed by atoms with van der Waals surface area (Å²) < 4.78 is 0. The average molecular weight is 601 g/mol. The van der Waals surface area contributed by atoms with Crippen LogP contribution in [0.15, 0.2) is 59.2 Å². The van der Waals surface area contributed by atoms with Crippen molar-refractivity contribution in [2.45, 2.75) is 137 Å². The fourth-order valence-electron chi connectivity index (χ4n) is 12.4. The van der Waals surface area contributed by atoms with Gasteiger partial charge in [-0.3, -0.25) is 0 Å². The van der Waals surface area contributed by atoms with Crippen LogP contribution < -0.4 is 0 Å². The highest BCUT2D eigenvalue weighted by Gasteiger charge is 2.59. The van der Waals surface area contributed by atoms with Gasteiger partial charge in [-0.05, 0) is 142 Å². The summed E-state index contributed by atoms with van der Waals surface area (Å²) in [4.78, 5) is 0. The molecule has 45 heavy (non-hydrogen) atoms. The summed E-state index contributed by atoms with van der Waals surface area (Å²) >= 11 is 0. The lowest BCUT2D eigenvalue weighted by atomic mass is 9.47. The van der Waals surface area contributed by atoms with Crippen molar-refractivity contribution in [3.63, 3.8) is 0 Å². The summed E-state index contributed by atoms with van der Waals surface area (Å²) in [5.41, 5.74) is 15.6. The summed E-state index contributed by atoms with van der Waals surface area (Å²) in [5, 5.41) is 0. The molecule has 0 aromatic heterocycles. The Morgan fingerprint density at radius 1 is 0.667 bits per heavy atom. The van der Waals surface area contributed by atoms with Crippen LogP contribution in [-0.4, -0.2) is 0 Å². The quantitative estimate of drug-likeness (QED) is 0.327. The zero-order valence-electron chi connectivity index (χ0n) is 30.2. The first-order valence-electron chi connectivity index (χ1n) is 18.8. The summed E-state index contributed by atoms with van der Waals surface area (Å²) in [6.45, 7) is 24.5. The molecule has 7 aliphatic rings. The molecule has 240 valence electrons. The Labute approximate surface area is 275 Å². The Morgan fingerprint density at radius 2 is 1.16 bits per heavy atom. The van der Waals surface area contributed by atoms with Gasteiger partial charge in [-0.2, -0.15) is 0 Å². The van der Waals surface area contributed by atoms with Crippen molar-refractivity contribution in [2.24, 2.45) is 46.3 Å². The van der Waals surface area contributed by atoms with Gasteiger partial charge in [0.05, 0.1) is 0 Å². The van der Waals surface area contributed by atoms with Crippen LogP contribution in [0, 0.1) is 46.3 Å². The largest absolute Gasteiger partial charge is 0.0622 e. The zero-order valence-corrected chi connectivity index (χ0v) is 30.2. The molecule has 2 unspecified atom stereocenters. The van der Waals surface area contributed by atoms with Crippen molar-refractivity contribution in [1.82, 2.24) is 0 Å². The van der Waals surface area contributed by atoms with Gasteiger partial charge in [0.25, 0.3) is 0 Å². The van der Waals surface area contributed by atoms with E-state index in [1.807, 2.05) is 11.1 Å². The first-order chi connectivity index (χ1) is 21.1. The van der Waals surface area contributed by atoms with Crippen molar-refractivity contribution >= 4 is 0 Å². The second kappa shape index (κ2) is 9.73. The molecule has 0 N–H and O–H groups in total. The van der Waals surface area contributed by atoms with Crippen molar-refractivity contribution in [3.8, 4) is 11.1 Å². The molecule has 9 rings (SSSR count). The molecule has 0 radical (unpaired) electrons. The van der Waals surface area contributed by atoms with E-state index in [0.29, 0.717) is 29.1 Å². The van der Waals surface area contributed by atoms with Gasteiger partial charge in [-0.25, -0.2) is 0 Å². The van der Waals surface area contributed by atoms with E-state index in [4.69, 9.17) is 0 Å². The van der Waals surface area contributed by atoms with Crippen LogP contribution in [0.3, 0.4) is 0 Å². The van der Waals surface area contributed by atoms with Crippen LogP contribution in [0.2, 0.25) is 0 Å².